The summed E-state index contributed by atoms with van der Waals surface area (Å²) in [7, 11) is 0. The molecular formula is C22H19N3O2. The van der Waals surface area contributed by atoms with E-state index in [1.54, 1.807) is 37.3 Å². The summed E-state index contributed by atoms with van der Waals surface area (Å²) in [5.74, 6) is 0.736. The van der Waals surface area contributed by atoms with Gasteiger partial charge < -0.3 is 10.1 Å². The van der Waals surface area contributed by atoms with Gasteiger partial charge in [0.25, 0.3) is 5.91 Å². The van der Waals surface area contributed by atoms with Crippen LogP contribution >= 0.6 is 0 Å². The maximum Gasteiger partial charge on any atom is 0.251 e. The summed E-state index contributed by atoms with van der Waals surface area (Å²) >= 11 is 0. The summed E-state index contributed by atoms with van der Waals surface area (Å²) in [6, 6.07) is 20.4. The first-order valence-corrected chi connectivity index (χ1v) is 8.55. The third-order valence-corrected chi connectivity index (χ3v) is 4.02. The van der Waals surface area contributed by atoms with Crippen molar-refractivity contribution in [3.63, 3.8) is 0 Å². The lowest BCUT2D eigenvalue weighted by atomic mass is 10.1. The number of hydrogen-bond acceptors (Lipinski definition) is 4. The highest BCUT2D eigenvalue weighted by molar-refractivity contribution is 5.94. The molecule has 27 heavy (non-hydrogen) atoms. The first kappa shape index (κ1) is 18.2. The third-order valence-electron chi connectivity index (χ3n) is 4.02. The second-order valence-corrected chi connectivity index (χ2v) is 6.13. The SMILES string of the molecule is Cc1cc(Oc2cccc(C(=O)NCc3ccccc3)c2)c(C#N)c(C)n1. The van der Waals surface area contributed by atoms with Gasteiger partial charge >= 0.3 is 0 Å². The van der Waals surface area contributed by atoms with E-state index in [0.717, 1.165) is 11.3 Å². The van der Waals surface area contributed by atoms with Gasteiger partial charge in [-0.2, -0.15) is 5.26 Å². The van der Waals surface area contributed by atoms with Crippen LogP contribution in [0.25, 0.3) is 0 Å². The number of nitriles is 1. The number of nitrogens with zero attached hydrogens (tertiary/aromatic N) is 2. The smallest absolute Gasteiger partial charge is 0.251 e. The average Bonchev–Trinajstić information content (AvgIpc) is 2.67. The highest BCUT2D eigenvalue weighted by Gasteiger charge is 2.12. The summed E-state index contributed by atoms with van der Waals surface area (Å²) in [6.07, 6.45) is 0. The molecule has 5 nitrogen and oxygen atoms in total. The molecule has 0 aliphatic carbocycles. The van der Waals surface area contributed by atoms with Crippen LogP contribution in [0.15, 0.2) is 60.7 Å². The number of ether oxygens (including phenoxy) is 1. The second-order valence-electron chi connectivity index (χ2n) is 6.13. The minimum Gasteiger partial charge on any atom is -0.456 e. The van der Waals surface area contributed by atoms with E-state index in [4.69, 9.17) is 4.74 Å². The first-order valence-electron chi connectivity index (χ1n) is 8.55. The molecular weight excluding hydrogens is 338 g/mol. The molecule has 0 fully saturated rings. The van der Waals surface area contributed by atoms with Gasteiger partial charge in [-0.25, -0.2) is 0 Å². The number of benzene rings is 2. The van der Waals surface area contributed by atoms with Gasteiger partial charge in [-0.1, -0.05) is 36.4 Å². The van der Waals surface area contributed by atoms with Crippen molar-refractivity contribution < 1.29 is 9.53 Å². The molecule has 1 amide bonds. The summed E-state index contributed by atoms with van der Waals surface area (Å²) in [6.45, 7) is 4.06. The Morgan fingerprint density at radius 2 is 1.89 bits per heavy atom. The normalized spacial score (nSPS) is 10.1. The number of carbonyl (C=O) groups excluding carboxylic acids is 1. The first-order chi connectivity index (χ1) is 13.1. The Kier molecular flexibility index (Phi) is 5.48. The number of aryl methyl sites for hydroxylation is 2. The molecule has 0 aliphatic rings. The van der Waals surface area contributed by atoms with Crippen molar-refractivity contribution in [2.45, 2.75) is 20.4 Å². The van der Waals surface area contributed by atoms with Crippen molar-refractivity contribution in [1.29, 1.82) is 5.26 Å². The molecule has 3 rings (SSSR count). The quantitative estimate of drug-likeness (QED) is 0.739. The number of amides is 1. The predicted molar refractivity (Wildman–Crippen MR) is 103 cm³/mol. The van der Waals surface area contributed by atoms with Crippen LogP contribution in [0.5, 0.6) is 11.5 Å². The Morgan fingerprint density at radius 1 is 1.11 bits per heavy atom. The maximum atomic E-state index is 12.4. The highest BCUT2D eigenvalue weighted by Crippen LogP contribution is 2.27. The fourth-order valence-electron chi connectivity index (χ4n) is 2.72. The van der Waals surface area contributed by atoms with E-state index in [9.17, 15) is 10.1 Å². The maximum absolute atomic E-state index is 12.4. The van der Waals surface area contributed by atoms with E-state index in [1.807, 2.05) is 37.3 Å². The largest absolute Gasteiger partial charge is 0.456 e. The van der Waals surface area contributed by atoms with Crippen LogP contribution in [0.2, 0.25) is 0 Å². The number of carbonyl (C=O) groups is 1. The van der Waals surface area contributed by atoms with Crippen molar-refractivity contribution in [1.82, 2.24) is 10.3 Å². The van der Waals surface area contributed by atoms with E-state index in [1.165, 1.54) is 0 Å². The summed E-state index contributed by atoms with van der Waals surface area (Å²) in [4.78, 5) is 16.7. The van der Waals surface area contributed by atoms with E-state index in [2.05, 4.69) is 16.4 Å². The van der Waals surface area contributed by atoms with Gasteiger partial charge in [-0.15, -0.1) is 0 Å². The standard InChI is InChI=1S/C22H19N3O2/c1-15-11-21(20(13-23)16(2)25-15)27-19-10-6-9-18(12-19)22(26)24-14-17-7-4-3-5-8-17/h3-12H,14H2,1-2H3,(H,24,26). The van der Waals surface area contributed by atoms with Gasteiger partial charge in [0.05, 0.1) is 5.69 Å². The molecule has 0 spiro atoms. The van der Waals surface area contributed by atoms with Crippen molar-refractivity contribution >= 4 is 5.91 Å². The monoisotopic (exact) mass is 357 g/mol. The van der Waals surface area contributed by atoms with Crippen LogP contribution in [0, 0.1) is 25.2 Å². The lowest BCUT2D eigenvalue weighted by molar-refractivity contribution is 0.0950. The van der Waals surface area contributed by atoms with Crippen LogP contribution < -0.4 is 10.1 Å². The summed E-state index contributed by atoms with van der Waals surface area (Å²) < 4.78 is 5.87. The number of nitrogens with one attached hydrogen (secondary N) is 1. The van der Waals surface area contributed by atoms with E-state index in [0.29, 0.717) is 34.9 Å². The van der Waals surface area contributed by atoms with E-state index >= 15 is 0 Å². The Morgan fingerprint density at radius 3 is 2.63 bits per heavy atom. The van der Waals surface area contributed by atoms with Gasteiger partial charge in [0.15, 0.2) is 0 Å². The molecule has 0 bridgehead atoms. The van der Waals surface area contributed by atoms with Gasteiger partial charge in [0.2, 0.25) is 0 Å². The van der Waals surface area contributed by atoms with Crippen LogP contribution in [0.1, 0.15) is 32.9 Å². The van der Waals surface area contributed by atoms with E-state index in [-0.39, 0.29) is 5.91 Å². The number of hydrogen-bond donors (Lipinski definition) is 1. The Hall–Kier alpha value is -3.65. The van der Waals surface area contributed by atoms with Crippen molar-refractivity contribution in [2.24, 2.45) is 0 Å². The van der Waals surface area contributed by atoms with Gasteiger partial charge in [-0.3, -0.25) is 9.78 Å². The van der Waals surface area contributed by atoms with Crippen LogP contribution in [-0.2, 0) is 6.54 Å². The predicted octanol–water partition coefficient (Wildman–Crippen LogP) is 4.29. The van der Waals surface area contributed by atoms with E-state index < -0.39 is 0 Å². The zero-order chi connectivity index (χ0) is 19.2. The highest BCUT2D eigenvalue weighted by atomic mass is 16.5. The Bertz CT molecular complexity index is 1010. The third kappa shape index (κ3) is 4.50. The topological polar surface area (TPSA) is 75.0 Å². The van der Waals surface area contributed by atoms with Crippen LogP contribution in [-0.4, -0.2) is 10.9 Å². The minimum atomic E-state index is -0.188. The fraction of sp³-hybridized carbons (Fsp3) is 0.136. The van der Waals surface area contributed by atoms with Gasteiger partial charge in [-0.05, 0) is 37.6 Å². The molecule has 1 aromatic heterocycles. The molecule has 0 saturated heterocycles. The lowest BCUT2D eigenvalue weighted by Gasteiger charge is -2.11. The van der Waals surface area contributed by atoms with Gasteiger partial charge in [0.1, 0.15) is 23.1 Å². The molecule has 134 valence electrons. The van der Waals surface area contributed by atoms with Gasteiger partial charge in [0, 0.05) is 23.9 Å². The molecule has 0 saturated carbocycles. The van der Waals surface area contributed by atoms with Crippen molar-refractivity contribution in [3.8, 4) is 17.6 Å². The molecule has 0 atom stereocenters. The average molecular weight is 357 g/mol. The fourth-order valence-corrected chi connectivity index (χ4v) is 2.72. The number of pyridine rings is 1. The number of aromatic nitrogens is 1. The minimum absolute atomic E-state index is 0.188. The summed E-state index contributed by atoms with van der Waals surface area (Å²) in [5, 5.41) is 12.2. The molecule has 2 aromatic carbocycles. The van der Waals surface area contributed by atoms with Crippen LogP contribution in [0.3, 0.4) is 0 Å². The Labute approximate surface area is 158 Å². The van der Waals surface area contributed by atoms with Crippen molar-refractivity contribution in [3.05, 3.63) is 88.7 Å². The van der Waals surface area contributed by atoms with Crippen molar-refractivity contribution in [2.75, 3.05) is 0 Å². The second kappa shape index (κ2) is 8.15. The molecule has 3 aromatic rings. The molecule has 0 unspecified atom stereocenters. The van der Waals surface area contributed by atoms with Crippen LogP contribution in [0.4, 0.5) is 0 Å². The molecule has 1 N–H and O–H groups in total. The lowest BCUT2D eigenvalue weighted by Crippen LogP contribution is -2.22. The molecule has 5 heteroatoms. The zero-order valence-electron chi connectivity index (χ0n) is 15.2. The molecule has 1 heterocycles. The summed E-state index contributed by atoms with van der Waals surface area (Å²) in [5.41, 5.74) is 3.28. The Balaban J connectivity index is 1.76. The molecule has 0 radical (unpaired) electrons. The molecule has 0 aliphatic heterocycles. The zero-order valence-corrected chi connectivity index (χ0v) is 15.2. The number of rotatable bonds is 5.